The molecule has 0 aliphatic rings. The normalized spacial score (nSPS) is 11.2. The van der Waals surface area contributed by atoms with Crippen LogP contribution in [0, 0.1) is 0 Å². The Morgan fingerprint density at radius 1 is 1.30 bits per heavy atom. The van der Waals surface area contributed by atoms with Gasteiger partial charge in [-0.2, -0.15) is 0 Å². The molecule has 2 rings (SSSR count). The molecule has 1 heterocycles. The van der Waals surface area contributed by atoms with E-state index in [1.165, 1.54) is 6.08 Å². The summed E-state index contributed by atoms with van der Waals surface area (Å²) in [4.78, 5) is 15.8. The minimum Gasteiger partial charge on any atom is -0.463 e. The lowest BCUT2D eigenvalue weighted by atomic mass is 9.98. The minimum absolute atomic E-state index is 0.340. The summed E-state index contributed by atoms with van der Waals surface area (Å²) in [5, 5.41) is 0. The van der Waals surface area contributed by atoms with Crippen LogP contribution in [0.3, 0.4) is 0 Å². The highest BCUT2D eigenvalue weighted by atomic mass is 16.5. The molecule has 0 bridgehead atoms. The Bertz CT molecular complexity index is 621. The topological polar surface area (TPSA) is 65.2 Å². The van der Waals surface area contributed by atoms with E-state index in [1.807, 2.05) is 30.3 Å². The Kier molecular flexibility index (Phi) is 4.50. The summed E-state index contributed by atoms with van der Waals surface area (Å²) in [6, 6.07) is 11.1. The fourth-order valence-electron chi connectivity index (χ4n) is 1.86. The number of nitrogens with zero attached hydrogens (tertiary/aromatic N) is 1. The van der Waals surface area contributed by atoms with Gasteiger partial charge >= 0.3 is 5.97 Å². The first-order chi connectivity index (χ1) is 9.70. The predicted octanol–water partition coefficient (Wildman–Crippen LogP) is 2.66. The zero-order valence-electron chi connectivity index (χ0n) is 11.2. The number of esters is 1. The van der Waals surface area contributed by atoms with Crippen molar-refractivity contribution in [3.05, 3.63) is 66.0 Å². The maximum absolute atomic E-state index is 11.7. The van der Waals surface area contributed by atoms with Crippen molar-refractivity contribution >= 4 is 17.2 Å². The summed E-state index contributed by atoms with van der Waals surface area (Å²) in [6.07, 6.45) is 4.86. The number of nitrogens with two attached hydrogens (primary N) is 1. The number of carbonyl (C=O) groups is 1. The highest BCUT2D eigenvalue weighted by Gasteiger charge is 2.09. The average molecular weight is 268 g/mol. The number of pyridine rings is 1. The van der Waals surface area contributed by atoms with Gasteiger partial charge in [0, 0.05) is 29.7 Å². The number of ether oxygens (including phenoxy) is 1. The lowest BCUT2D eigenvalue weighted by Crippen LogP contribution is -2.02. The summed E-state index contributed by atoms with van der Waals surface area (Å²) in [7, 11) is 0. The molecule has 0 amide bonds. The number of nitrogen functional groups attached to an aromatic ring is 1. The van der Waals surface area contributed by atoms with Crippen LogP contribution in [0.5, 0.6) is 0 Å². The van der Waals surface area contributed by atoms with Crippen molar-refractivity contribution in [2.24, 2.45) is 0 Å². The molecular formula is C16H16N2O2. The van der Waals surface area contributed by atoms with Crippen molar-refractivity contribution in [2.75, 3.05) is 12.3 Å². The first kappa shape index (κ1) is 13.8. The number of aromatic nitrogens is 1. The van der Waals surface area contributed by atoms with Crippen molar-refractivity contribution in [3.8, 4) is 0 Å². The molecule has 20 heavy (non-hydrogen) atoms. The Balaban J connectivity index is 2.47. The molecule has 0 aliphatic carbocycles. The number of hydrogen-bond acceptors (Lipinski definition) is 4. The standard InChI is InChI=1S/C16H16N2O2/c1-2-20-16(19)10-15(13-6-4-8-18-11-13)12-5-3-7-14(17)9-12/h3-11H,2,17H2,1H3/b15-10-. The van der Waals surface area contributed by atoms with Crippen molar-refractivity contribution in [2.45, 2.75) is 6.92 Å². The van der Waals surface area contributed by atoms with Gasteiger partial charge in [0.25, 0.3) is 0 Å². The van der Waals surface area contributed by atoms with E-state index in [0.29, 0.717) is 12.3 Å². The molecule has 0 radical (unpaired) electrons. The highest BCUT2D eigenvalue weighted by molar-refractivity contribution is 5.96. The van der Waals surface area contributed by atoms with Crippen molar-refractivity contribution in [1.29, 1.82) is 0 Å². The highest BCUT2D eigenvalue weighted by Crippen LogP contribution is 2.24. The summed E-state index contributed by atoms with van der Waals surface area (Å²) < 4.78 is 4.98. The van der Waals surface area contributed by atoms with E-state index in [1.54, 1.807) is 25.4 Å². The fourth-order valence-corrected chi connectivity index (χ4v) is 1.86. The van der Waals surface area contributed by atoms with E-state index in [-0.39, 0.29) is 5.97 Å². The second-order valence-electron chi connectivity index (χ2n) is 4.18. The number of carbonyl (C=O) groups excluding carboxylic acids is 1. The Hall–Kier alpha value is -2.62. The molecule has 4 heteroatoms. The molecule has 0 aliphatic heterocycles. The molecule has 4 nitrogen and oxygen atoms in total. The lowest BCUT2D eigenvalue weighted by molar-refractivity contribution is -0.137. The Morgan fingerprint density at radius 2 is 2.10 bits per heavy atom. The van der Waals surface area contributed by atoms with Crippen LogP contribution in [0.25, 0.3) is 5.57 Å². The Morgan fingerprint density at radius 3 is 2.75 bits per heavy atom. The van der Waals surface area contributed by atoms with Crippen LogP contribution < -0.4 is 5.73 Å². The van der Waals surface area contributed by atoms with Crippen LogP contribution >= 0.6 is 0 Å². The number of hydrogen-bond donors (Lipinski definition) is 1. The predicted molar refractivity (Wildman–Crippen MR) is 78.8 cm³/mol. The molecule has 2 aromatic rings. The first-order valence-electron chi connectivity index (χ1n) is 6.35. The van der Waals surface area contributed by atoms with Gasteiger partial charge < -0.3 is 10.5 Å². The van der Waals surface area contributed by atoms with Crippen molar-refractivity contribution in [1.82, 2.24) is 4.98 Å². The van der Waals surface area contributed by atoms with Crippen LogP contribution in [0.1, 0.15) is 18.1 Å². The van der Waals surface area contributed by atoms with E-state index in [9.17, 15) is 4.79 Å². The van der Waals surface area contributed by atoms with Gasteiger partial charge in [0.2, 0.25) is 0 Å². The van der Waals surface area contributed by atoms with E-state index >= 15 is 0 Å². The number of anilines is 1. The Labute approximate surface area is 117 Å². The quantitative estimate of drug-likeness (QED) is 0.526. The molecule has 0 spiro atoms. The lowest BCUT2D eigenvalue weighted by Gasteiger charge is -2.08. The third-order valence-electron chi connectivity index (χ3n) is 2.72. The molecule has 1 aromatic heterocycles. The van der Waals surface area contributed by atoms with Crippen LogP contribution in [0.15, 0.2) is 54.9 Å². The zero-order chi connectivity index (χ0) is 14.4. The second-order valence-corrected chi connectivity index (χ2v) is 4.18. The van der Waals surface area contributed by atoms with Crippen molar-refractivity contribution < 1.29 is 9.53 Å². The van der Waals surface area contributed by atoms with Crippen molar-refractivity contribution in [3.63, 3.8) is 0 Å². The van der Waals surface area contributed by atoms with Gasteiger partial charge in [-0.25, -0.2) is 4.79 Å². The summed E-state index contributed by atoms with van der Waals surface area (Å²) in [6.45, 7) is 2.11. The maximum atomic E-state index is 11.7. The molecule has 0 saturated heterocycles. The van der Waals surface area contributed by atoms with Gasteiger partial charge in [0.1, 0.15) is 0 Å². The largest absolute Gasteiger partial charge is 0.463 e. The summed E-state index contributed by atoms with van der Waals surface area (Å²) in [5.74, 6) is -0.381. The van der Waals surface area contributed by atoms with Gasteiger partial charge in [0.05, 0.1) is 6.61 Å². The van der Waals surface area contributed by atoms with E-state index in [2.05, 4.69) is 4.98 Å². The molecule has 0 atom stereocenters. The van der Waals surface area contributed by atoms with E-state index in [4.69, 9.17) is 10.5 Å². The summed E-state index contributed by atoms with van der Waals surface area (Å²) in [5.41, 5.74) is 8.88. The molecule has 2 N–H and O–H groups in total. The van der Waals surface area contributed by atoms with E-state index < -0.39 is 0 Å². The van der Waals surface area contributed by atoms with Gasteiger partial charge in [-0.1, -0.05) is 18.2 Å². The third-order valence-corrected chi connectivity index (χ3v) is 2.72. The van der Waals surface area contributed by atoms with Crippen LogP contribution in [0.4, 0.5) is 5.69 Å². The first-order valence-corrected chi connectivity index (χ1v) is 6.35. The molecule has 0 unspecified atom stereocenters. The van der Waals surface area contributed by atoms with E-state index in [0.717, 1.165) is 16.7 Å². The van der Waals surface area contributed by atoms with Gasteiger partial charge in [-0.3, -0.25) is 4.98 Å². The maximum Gasteiger partial charge on any atom is 0.331 e. The van der Waals surface area contributed by atoms with Crippen LogP contribution in [0.2, 0.25) is 0 Å². The zero-order valence-corrected chi connectivity index (χ0v) is 11.2. The molecule has 1 aromatic carbocycles. The molecule has 102 valence electrons. The minimum atomic E-state index is -0.381. The second kappa shape index (κ2) is 6.52. The number of rotatable bonds is 4. The monoisotopic (exact) mass is 268 g/mol. The third kappa shape index (κ3) is 3.45. The van der Waals surface area contributed by atoms with Gasteiger partial charge in [-0.15, -0.1) is 0 Å². The van der Waals surface area contributed by atoms with Crippen LogP contribution in [-0.2, 0) is 9.53 Å². The SMILES string of the molecule is CCOC(=O)/C=C(\c1cccnc1)c1cccc(N)c1. The van der Waals surface area contributed by atoms with Gasteiger partial charge in [0.15, 0.2) is 0 Å². The average Bonchev–Trinajstić information content (AvgIpc) is 2.46. The van der Waals surface area contributed by atoms with Gasteiger partial charge in [-0.05, 0) is 36.3 Å². The molecular weight excluding hydrogens is 252 g/mol. The smallest absolute Gasteiger partial charge is 0.331 e. The fraction of sp³-hybridized carbons (Fsp3) is 0.125. The molecule has 0 fully saturated rings. The summed E-state index contributed by atoms with van der Waals surface area (Å²) >= 11 is 0. The molecule has 0 saturated carbocycles. The number of benzene rings is 1. The van der Waals surface area contributed by atoms with Crippen LogP contribution in [-0.4, -0.2) is 17.6 Å².